The van der Waals surface area contributed by atoms with Crippen molar-refractivity contribution in [2.24, 2.45) is 0 Å². The summed E-state index contributed by atoms with van der Waals surface area (Å²) >= 11 is 2.78. The van der Waals surface area contributed by atoms with Crippen molar-refractivity contribution < 1.29 is 9.72 Å². The Bertz CT molecular complexity index is 685. The van der Waals surface area contributed by atoms with Crippen LogP contribution in [0.5, 0.6) is 0 Å². The zero-order chi connectivity index (χ0) is 15.4. The van der Waals surface area contributed by atoms with Gasteiger partial charge in [-0.25, -0.2) is 4.98 Å². The molecule has 21 heavy (non-hydrogen) atoms. The highest BCUT2D eigenvalue weighted by Crippen LogP contribution is 2.26. The molecule has 0 saturated carbocycles. The molecule has 0 aliphatic carbocycles. The molecule has 0 aliphatic rings. The SMILES string of the molecule is Cc1ccc(NC(=O)CSc2nc(C)cs2)c([N+](=O)[O-])c1. The smallest absolute Gasteiger partial charge is 0.293 e. The maximum Gasteiger partial charge on any atom is 0.293 e. The summed E-state index contributed by atoms with van der Waals surface area (Å²) in [6, 6.07) is 4.70. The number of rotatable bonds is 5. The van der Waals surface area contributed by atoms with Crippen molar-refractivity contribution in [3.05, 3.63) is 45.0 Å². The predicted molar refractivity (Wildman–Crippen MR) is 84.0 cm³/mol. The standard InChI is InChI=1S/C13H13N3O3S2/c1-8-3-4-10(11(5-8)16(18)19)15-12(17)7-21-13-14-9(2)6-20-13/h3-6H,7H2,1-2H3,(H,15,17). The third kappa shape index (κ3) is 4.27. The Morgan fingerprint density at radius 3 is 2.86 bits per heavy atom. The van der Waals surface area contributed by atoms with Crippen molar-refractivity contribution in [1.82, 2.24) is 4.98 Å². The van der Waals surface area contributed by atoms with E-state index in [-0.39, 0.29) is 23.0 Å². The summed E-state index contributed by atoms with van der Waals surface area (Å²) in [5.41, 5.74) is 1.80. The van der Waals surface area contributed by atoms with Crippen LogP contribution in [0.1, 0.15) is 11.3 Å². The van der Waals surface area contributed by atoms with E-state index in [1.54, 1.807) is 19.1 Å². The molecule has 8 heteroatoms. The number of hydrogen-bond donors (Lipinski definition) is 1. The number of aromatic nitrogens is 1. The van der Waals surface area contributed by atoms with E-state index in [0.717, 1.165) is 15.6 Å². The molecular formula is C13H13N3O3S2. The minimum absolute atomic E-state index is 0.0987. The van der Waals surface area contributed by atoms with Crippen LogP contribution >= 0.6 is 23.1 Å². The lowest BCUT2D eigenvalue weighted by Crippen LogP contribution is -2.15. The van der Waals surface area contributed by atoms with Crippen LogP contribution in [0.15, 0.2) is 27.9 Å². The third-order valence-electron chi connectivity index (χ3n) is 2.55. The van der Waals surface area contributed by atoms with E-state index in [2.05, 4.69) is 10.3 Å². The van der Waals surface area contributed by atoms with Gasteiger partial charge in [-0.05, 0) is 25.5 Å². The average Bonchev–Trinajstić information content (AvgIpc) is 2.84. The second-order valence-electron chi connectivity index (χ2n) is 4.37. The molecule has 1 amide bonds. The topological polar surface area (TPSA) is 85.1 Å². The first-order chi connectivity index (χ1) is 9.95. The molecule has 1 aromatic carbocycles. The Morgan fingerprint density at radius 2 is 2.24 bits per heavy atom. The predicted octanol–water partition coefficient (Wildman–Crippen LogP) is 3.40. The number of carbonyl (C=O) groups excluding carboxylic acids is 1. The van der Waals surface area contributed by atoms with Crippen molar-refractivity contribution >= 4 is 40.4 Å². The van der Waals surface area contributed by atoms with Gasteiger partial charge in [-0.15, -0.1) is 11.3 Å². The van der Waals surface area contributed by atoms with Gasteiger partial charge in [-0.2, -0.15) is 0 Å². The summed E-state index contributed by atoms with van der Waals surface area (Å²) in [5.74, 6) is -0.127. The number of thioether (sulfide) groups is 1. The van der Waals surface area contributed by atoms with E-state index in [1.807, 2.05) is 12.3 Å². The molecule has 1 heterocycles. The van der Waals surface area contributed by atoms with Crippen LogP contribution in [0.25, 0.3) is 0 Å². The number of nitro groups is 1. The molecule has 110 valence electrons. The molecule has 2 aromatic rings. The number of nitrogens with one attached hydrogen (secondary N) is 1. The van der Waals surface area contributed by atoms with E-state index in [4.69, 9.17) is 0 Å². The first kappa shape index (κ1) is 15.5. The molecule has 0 spiro atoms. The highest BCUT2D eigenvalue weighted by atomic mass is 32.2. The van der Waals surface area contributed by atoms with Crippen LogP contribution < -0.4 is 5.32 Å². The molecule has 0 saturated heterocycles. The number of benzene rings is 1. The molecular weight excluding hydrogens is 310 g/mol. The normalized spacial score (nSPS) is 10.4. The number of nitro benzene ring substituents is 1. The van der Waals surface area contributed by atoms with Gasteiger partial charge in [0.2, 0.25) is 5.91 Å². The van der Waals surface area contributed by atoms with E-state index in [1.165, 1.54) is 29.2 Å². The summed E-state index contributed by atoms with van der Waals surface area (Å²) in [6.07, 6.45) is 0. The Kier molecular flexibility index (Phi) is 4.92. The van der Waals surface area contributed by atoms with Gasteiger partial charge in [0.1, 0.15) is 5.69 Å². The van der Waals surface area contributed by atoms with Crippen LogP contribution in [-0.4, -0.2) is 21.6 Å². The van der Waals surface area contributed by atoms with Crippen LogP contribution in [0, 0.1) is 24.0 Å². The Balaban J connectivity index is 2.01. The summed E-state index contributed by atoms with van der Waals surface area (Å²) in [7, 11) is 0. The number of hydrogen-bond acceptors (Lipinski definition) is 6. The second-order valence-corrected chi connectivity index (χ2v) is 6.45. The van der Waals surface area contributed by atoms with Gasteiger partial charge in [0.15, 0.2) is 4.34 Å². The van der Waals surface area contributed by atoms with Gasteiger partial charge < -0.3 is 5.32 Å². The van der Waals surface area contributed by atoms with Crippen molar-refractivity contribution in [1.29, 1.82) is 0 Å². The van der Waals surface area contributed by atoms with Crippen LogP contribution in [-0.2, 0) is 4.79 Å². The number of nitrogens with zero attached hydrogens (tertiary/aromatic N) is 2. The van der Waals surface area contributed by atoms with Gasteiger partial charge >= 0.3 is 0 Å². The molecule has 0 aliphatic heterocycles. The van der Waals surface area contributed by atoms with E-state index in [0.29, 0.717) is 0 Å². The molecule has 6 nitrogen and oxygen atoms in total. The number of anilines is 1. The van der Waals surface area contributed by atoms with Crippen LogP contribution in [0.4, 0.5) is 11.4 Å². The van der Waals surface area contributed by atoms with Gasteiger partial charge in [0.25, 0.3) is 5.69 Å². The largest absolute Gasteiger partial charge is 0.320 e. The van der Waals surface area contributed by atoms with Crippen molar-refractivity contribution in [2.45, 2.75) is 18.2 Å². The Hall–Kier alpha value is -1.93. The van der Waals surface area contributed by atoms with Gasteiger partial charge in [0, 0.05) is 17.1 Å². The summed E-state index contributed by atoms with van der Waals surface area (Å²) in [5, 5.41) is 15.5. The molecule has 1 aromatic heterocycles. The maximum absolute atomic E-state index is 11.9. The minimum Gasteiger partial charge on any atom is -0.320 e. The molecule has 0 fully saturated rings. The summed E-state index contributed by atoms with van der Waals surface area (Å²) < 4.78 is 0.807. The van der Waals surface area contributed by atoms with E-state index in [9.17, 15) is 14.9 Å². The number of carbonyl (C=O) groups is 1. The lowest BCUT2D eigenvalue weighted by molar-refractivity contribution is -0.384. The molecule has 0 unspecified atom stereocenters. The van der Waals surface area contributed by atoms with E-state index >= 15 is 0 Å². The maximum atomic E-state index is 11.9. The lowest BCUT2D eigenvalue weighted by Gasteiger charge is -2.06. The molecule has 1 N–H and O–H groups in total. The average molecular weight is 323 g/mol. The molecule has 0 bridgehead atoms. The zero-order valence-corrected chi connectivity index (χ0v) is 13.1. The number of thiazole rings is 1. The van der Waals surface area contributed by atoms with Crippen LogP contribution in [0.2, 0.25) is 0 Å². The molecule has 0 atom stereocenters. The third-order valence-corrected chi connectivity index (χ3v) is 4.69. The highest BCUT2D eigenvalue weighted by molar-refractivity contribution is 8.01. The fourth-order valence-electron chi connectivity index (χ4n) is 1.61. The quantitative estimate of drug-likeness (QED) is 0.518. The van der Waals surface area contributed by atoms with Gasteiger partial charge in [-0.3, -0.25) is 14.9 Å². The van der Waals surface area contributed by atoms with Gasteiger partial charge in [0.05, 0.1) is 10.7 Å². The monoisotopic (exact) mass is 323 g/mol. The zero-order valence-electron chi connectivity index (χ0n) is 11.5. The van der Waals surface area contributed by atoms with E-state index < -0.39 is 4.92 Å². The first-order valence-corrected chi connectivity index (χ1v) is 7.92. The fraction of sp³-hybridized carbons (Fsp3) is 0.231. The molecule has 0 radical (unpaired) electrons. The Morgan fingerprint density at radius 1 is 1.48 bits per heavy atom. The number of aryl methyl sites for hydroxylation is 2. The molecule has 2 rings (SSSR count). The second kappa shape index (κ2) is 6.68. The van der Waals surface area contributed by atoms with Gasteiger partial charge in [-0.1, -0.05) is 17.8 Å². The first-order valence-electron chi connectivity index (χ1n) is 6.05. The Labute approximate surface area is 129 Å². The van der Waals surface area contributed by atoms with Crippen LogP contribution in [0.3, 0.4) is 0 Å². The summed E-state index contributed by atoms with van der Waals surface area (Å²) in [4.78, 5) is 26.6. The van der Waals surface area contributed by atoms with Crippen molar-refractivity contribution in [2.75, 3.05) is 11.1 Å². The fourth-order valence-corrected chi connectivity index (χ4v) is 3.26. The van der Waals surface area contributed by atoms with Crippen molar-refractivity contribution in [3.8, 4) is 0 Å². The lowest BCUT2D eigenvalue weighted by atomic mass is 10.2. The number of amides is 1. The minimum atomic E-state index is -0.500. The summed E-state index contributed by atoms with van der Waals surface area (Å²) in [6.45, 7) is 3.65. The van der Waals surface area contributed by atoms with Crippen molar-refractivity contribution in [3.63, 3.8) is 0 Å². The highest BCUT2D eigenvalue weighted by Gasteiger charge is 2.16.